The van der Waals surface area contributed by atoms with E-state index < -0.39 is 12.0 Å². The first kappa shape index (κ1) is 14.2. The summed E-state index contributed by atoms with van der Waals surface area (Å²) in [5, 5.41) is 2.78. The minimum Gasteiger partial charge on any atom is -0.354 e. The van der Waals surface area contributed by atoms with Gasteiger partial charge in [-0.05, 0) is 18.9 Å². The van der Waals surface area contributed by atoms with E-state index in [1.54, 1.807) is 0 Å². The lowest BCUT2D eigenvalue weighted by Gasteiger charge is -2.09. The van der Waals surface area contributed by atoms with Gasteiger partial charge in [0, 0.05) is 6.54 Å². The number of nitrogens with one attached hydrogen (secondary N) is 1. The lowest BCUT2D eigenvalue weighted by molar-refractivity contribution is -0.145. The summed E-state index contributed by atoms with van der Waals surface area (Å²) in [4.78, 5) is 10.5. The number of alkyl halides is 3. The number of halogens is 3. The van der Waals surface area contributed by atoms with Crippen LogP contribution in [-0.2, 0) is 12.6 Å². The molecular formula is C13H13F3N4. The van der Waals surface area contributed by atoms with Crippen LogP contribution in [0, 0.1) is 6.92 Å². The van der Waals surface area contributed by atoms with Crippen molar-refractivity contribution in [1.82, 2.24) is 15.0 Å². The van der Waals surface area contributed by atoms with Crippen molar-refractivity contribution in [2.45, 2.75) is 19.5 Å². The molecule has 0 amide bonds. The van der Waals surface area contributed by atoms with E-state index in [0.717, 1.165) is 5.56 Å². The molecule has 0 radical (unpaired) electrons. The largest absolute Gasteiger partial charge is 0.451 e. The molecule has 0 aliphatic carbocycles. The third kappa shape index (κ3) is 3.91. The molecule has 1 N–H and O–H groups in total. The number of aryl methyl sites for hydroxylation is 1. The van der Waals surface area contributed by atoms with Gasteiger partial charge in [0.15, 0.2) is 0 Å². The van der Waals surface area contributed by atoms with Crippen molar-refractivity contribution in [3.05, 3.63) is 47.5 Å². The Morgan fingerprint density at radius 1 is 1.05 bits per heavy atom. The minimum absolute atomic E-state index is 0.0366. The lowest BCUT2D eigenvalue weighted by Crippen LogP contribution is -2.16. The molecule has 0 bridgehead atoms. The zero-order valence-electron chi connectivity index (χ0n) is 10.8. The topological polar surface area (TPSA) is 50.7 Å². The van der Waals surface area contributed by atoms with E-state index in [4.69, 9.17) is 0 Å². The van der Waals surface area contributed by atoms with Crippen molar-refractivity contribution < 1.29 is 13.2 Å². The second-order valence-corrected chi connectivity index (χ2v) is 4.19. The highest BCUT2D eigenvalue weighted by Crippen LogP contribution is 2.26. The van der Waals surface area contributed by atoms with Crippen LogP contribution in [0.2, 0.25) is 0 Å². The zero-order valence-corrected chi connectivity index (χ0v) is 10.8. The van der Waals surface area contributed by atoms with Gasteiger partial charge in [-0.2, -0.15) is 23.1 Å². The summed E-state index contributed by atoms with van der Waals surface area (Å²) in [6, 6.07) is 9.61. The van der Waals surface area contributed by atoms with E-state index in [0.29, 0.717) is 13.0 Å². The average molecular weight is 282 g/mol. The van der Waals surface area contributed by atoms with Gasteiger partial charge in [0.1, 0.15) is 5.82 Å². The van der Waals surface area contributed by atoms with Gasteiger partial charge in [0.05, 0.1) is 0 Å². The number of rotatable bonds is 4. The zero-order chi connectivity index (χ0) is 14.6. The highest BCUT2D eigenvalue weighted by molar-refractivity contribution is 5.26. The molecule has 4 nitrogen and oxygen atoms in total. The van der Waals surface area contributed by atoms with Gasteiger partial charge >= 0.3 is 6.18 Å². The van der Waals surface area contributed by atoms with Gasteiger partial charge in [-0.25, -0.2) is 4.98 Å². The van der Waals surface area contributed by atoms with Gasteiger partial charge in [0.2, 0.25) is 11.8 Å². The van der Waals surface area contributed by atoms with Gasteiger partial charge in [-0.3, -0.25) is 0 Å². The molecule has 0 unspecified atom stereocenters. The lowest BCUT2D eigenvalue weighted by atomic mass is 10.1. The van der Waals surface area contributed by atoms with Gasteiger partial charge < -0.3 is 5.32 Å². The number of nitrogens with zero attached hydrogens (tertiary/aromatic N) is 3. The number of hydrogen-bond donors (Lipinski definition) is 1. The summed E-state index contributed by atoms with van der Waals surface area (Å²) in [7, 11) is 0. The molecule has 0 aliphatic rings. The fourth-order valence-corrected chi connectivity index (χ4v) is 1.65. The van der Waals surface area contributed by atoms with E-state index in [2.05, 4.69) is 20.3 Å². The Hall–Kier alpha value is -2.18. The summed E-state index contributed by atoms with van der Waals surface area (Å²) in [5.41, 5.74) is 1.09. The van der Waals surface area contributed by atoms with E-state index in [9.17, 15) is 13.2 Å². The maximum absolute atomic E-state index is 12.6. The standard InChI is InChI=1S/C13H13F3N4/c1-9-18-11(13(14,15)16)20-12(19-9)17-8-7-10-5-3-2-4-6-10/h2-6H,7-8H2,1H3,(H,17,18,19,20). The van der Waals surface area contributed by atoms with E-state index in [1.807, 2.05) is 30.3 Å². The molecule has 1 aromatic carbocycles. The van der Waals surface area contributed by atoms with Gasteiger partial charge in [-0.1, -0.05) is 30.3 Å². The molecule has 106 valence electrons. The Balaban J connectivity index is 2.01. The molecule has 0 saturated heterocycles. The first-order valence-corrected chi connectivity index (χ1v) is 6.03. The molecule has 2 aromatic rings. The molecule has 1 aromatic heterocycles. The van der Waals surface area contributed by atoms with E-state index >= 15 is 0 Å². The Morgan fingerprint density at radius 3 is 2.40 bits per heavy atom. The first-order valence-electron chi connectivity index (χ1n) is 6.03. The molecule has 2 rings (SSSR count). The van der Waals surface area contributed by atoms with Crippen LogP contribution >= 0.6 is 0 Å². The number of hydrogen-bond acceptors (Lipinski definition) is 4. The normalized spacial score (nSPS) is 11.4. The molecule has 0 atom stereocenters. The maximum Gasteiger partial charge on any atom is 0.451 e. The monoisotopic (exact) mass is 282 g/mol. The van der Waals surface area contributed by atoms with Crippen molar-refractivity contribution in [2.24, 2.45) is 0 Å². The number of benzene rings is 1. The molecular weight excluding hydrogens is 269 g/mol. The van der Waals surface area contributed by atoms with Crippen LogP contribution in [0.15, 0.2) is 30.3 Å². The summed E-state index contributed by atoms with van der Waals surface area (Å²) in [5.74, 6) is -1.19. The maximum atomic E-state index is 12.6. The molecule has 1 heterocycles. The number of aromatic nitrogens is 3. The summed E-state index contributed by atoms with van der Waals surface area (Å²) >= 11 is 0. The highest BCUT2D eigenvalue weighted by Gasteiger charge is 2.35. The van der Waals surface area contributed by atoms with Crippen molar-refractivity contribution in [3.63, 3.8) is 0 Å². The molecule has 0 aliphatic heterocycles. The SMILES string of the molecule is Cc1nc(NCCc2ccccc2)nc(C(F)(F)F)n1. The predicted octanol–water partition coefficient (Wildman–Crippen LogP) is 2.85. The Kier molecular flexibility index (Phi) is 4.16. The minimum atomic E-state index is -4.57. The molecule has 20 heavy (non-hydrogen) atoms. The second kappa shape index (κ2) is 5.85. The average Bonchev–Trinajstić information content (AvgIpc) is 2.38. The Morgan fingerprint density at radius 2 is 1.75 bits per heavy atom. The highest BCUT2D eigenvalue weighted by atomic mass is 19.4. The summed E-state index contributed by atoms with van der Waals surface area (Å²) in [6.07, 6.45) is -3.89. The summed E-state index contributed by atoms with van der Waals surface area (Å²) in [6.45, 7) is 1.85. The van der Waals surface area contributed by atoms with Crippen LogP contribution in [0.4, 0.5) is 19.1 Å². The summed E-state index contributed by atoms with van der Waals surface area (Å²) < 4.78 is 37.7. The Bertz CT molecular complexity index is 570. The fraction of sp³-hybridized carbons (Fsp3) is 0.308. The smallest absolute Gasteiger partial charge is 0.354 e. The van der Waals surface area contributed by atoms with Crippen molar-refractivity contribution in [1.29, 1.82) is 0 Å². The van der Waals surface area contributed by atoms with Crippen LogP contribution in [0.3, 0.4) is 0 Å². The van der Waals surface area contributed by atoms with Crippen LogP contribution in [0.25, 0.3) is 0 Å². The molecule has 0 fully saturated rings. The van der Waals surface area contributed by atoms with E-state index in [-0.39, 0.29) is 11.8 Å². The van der Waals surface area contributed by atoms with Crippen LogP contribution < -0.4 is 5.32 Å². The predicted molar refractivity (Wildman–Crippen MR) is 68.2 cm³/mol. The van der Waals surface area contributed by atoms with E-state index in [1.165, 1.54) is 6.92 Å². The quantitative estimate of drug-likeness (QED) is 0.936. The van der Waals surface area contributed by atoms with Crippen LogP contribution in [-0.4, -0.2) is 21.5 Å². The van der Waals surface area contributed by atoms with Crippen molar-refractivity contribution in [3.8, 4) is 0 Å². The Labute approximate surface area is 114 Å². The number of anilines is 1. The van der Waals surface area contributed by atoms with Crippen LogP contribution in [0.5, 0.6) is 0 Å². The van der Waals surface area contributed by atoms with Crippen molar-refractivity contribution >= 4 is 5.95 Å². The molecule has 0 saturated carbocycles. The van der Waals surface area contributed by atoms with Gasteiger partial charge in [-0.15, -0.1) is 0 Å². The second-order valence-electron chi connectivity index (χ2n) is 4.19. The first-order chi connectivity index (χ1) is 9.45. The fourth-order valence-electron chi connectivity index (χ4n) is 1.65. The molecule has 0 spiro atoms. The van der Waals surface area contributed by atoms with Gasteiger partial charge in [0.25, 0.3) is 0 Å². The third-order valence-electron chi connectivity index (χ3n) is 2.54. The van der Waals surface area contributed by atoms with Crippen molar-refractivity contribution in [2.75, 3.05) is 11.9 Å². The van der Waals surface area contributed by atoms with Crippen LogP contribution in [0.1, 0.15) is 17.2 Å². The third-order valence-corrected chi connectivity index (χ3v) is 2.54. The molecule has 7 heteroatoms.